The minimum absolute atomic E-state index is 0.114. The number of nitrogens with zero attached hydrogens (tertiary/aromatic N) is 1. The summed E-state index contributed by atoms with van der Waals surface area (Å²) in [6.45, 7) is 3.14. The zero-order valence-corrected chi connectivity index (χ0v) is 13.3. The van der Waals surface area contributed by atoms with Gasteiger partial charge in [0.05, 0.1) is 7.11 Å². The molecule has 2 aliphatic rings. The Morgan fingerprint density at radius 1 is 1.30 bits per heavy atom. The zero-order chi connectivity index (χ0) is 14.6. The highest BCUT2D eigenvalue weighted by Gasteiger charge is 2.38. The van der Waals surface area contributed by atoms with Crippen molar-refractivity contribution >= 4 is 5.97 Å². The number of ether oxygens (including phenoxy) is 1. The Kier molecular flexibility index (Phi) is 5.44. The lowest BCUT2D eigenvalue weighted by atomic mass is 9.91. The summed E-state index contributed by atoms with van der Waals surface area (Å²) >= 11 is 0. The van der Waals surface area contributed by atoms with Crippen molar-refractivity contribution in [2.24, 2.45) is 0 Å². The third-order valence-corrected chi connectivity index (χ3v) is 4.87. The highest BCUT2D eigenvalue weighted by atomic mass is 16.5. The van der Waals surface area contributed by atoms with E-state index in [1.807, 2.05) is 6.92 Å². The van der Waals surface area contributed by atoms with Crippen LogP contribution < -0.4 is 5.32 Å². The molecule has 2 aliphatic carbocycles. The van der Waals surface area contributed by atoms with Crippen LogP contribution in [0, 0.1) is 0 Å². The van der Waals surface area contributed by atoms with Crippen LogP contribution in [-0.2, 0) is 9.53 Å². The van der Waals surface area contributed by atoms with E-state index < -0.39 is 5.54 Å². The minimum atomic E-state index is -0.495. The second kappa shape index (κ2) is 6.90. The maximum atomic E-state index is 12.0. The smallest absolute Gasteiger partial charge is 0.325 e. The van der Waals surface area contributed by atoms with Gasteiger partial charge in [-0.15, -0.1) is 0 Å². The topological polar surface area (TPSA) is 41.6 Å². The molecule has 2 fully saturated rings. The molecule has 0 heterocycles. The molecule has 0 amide bonds. The van der Waals surface area contributed by atoms with E-state index in [9.17, 15) is 4.79 Å². The standard InChI is InChI=1S/C16H30N2O2/c1-16(15(19)20-3,17-13-9-10-13)11-4-5-12-18(2)14-7-6-8-14/h13-14,17H,4-12H2,1-3H3. The first-order valence-electron chi connectivity index (χ1n) is 8.11. The first kappa shape index (κ1) is 15.8. The number of rotatable bonds is 9. The van der Waals surface area contributed by atoms with Gasteiger partial charge < -0.3 is 9.64 Å². The molecule has 4 nitrogen and oxygen atoms in total. The van der Waals surface area contributed by atoms with E-state index in [0.29, 0.717) is 6.04 Å². The van der Waals surface area contributed by atoms with Crippen molar-refractivity contribution in [2.75, 3.05) is 20.7 Å². The van der Waals surface area contributed by atoms with Crippen LogP contribution in [0.5, 0.6) is 0 Å². The molecule has 2 rings (SSSR count). The molecular formula is C16H30N2O2. The highest BCUT2D eigenvalue weighted by Crippen LogP contribution is 2.27. The van der Waals surface area contributed by atoms with E-state index in [2.05, 4.69) is 17.3 Å². The van der Waals surface area contributed by atoms with Crippen molar-refractivity contribution in [3.05, 3.63) is 0 Å². The van der Waals surface area contributed by atoms with Crippen LogP contribution in [-0.4, -0.2) is 49.2 Å². The molecule has 0 aromatic carbocycles. The molecule has 0 spiro atoms. The Labute approximate surface area is 123 Å². The number of unbranched alkanes of at least 4 members (excludes halogenated alkanes) is 1. The summed E-state index contributed by atoms with van der Waals surface area (Å²) in [6.07, 6.45) is 9.59. The third-order valence-electron chi connectivity index (χ3n) is 4.87. The second-order valence-electron chi connectivity index (χ2n) is 6.76. The average molecular weight is 282 g/mol. The first-order chi connectivity index (χ1) is 9.55. The van der Waals surface area contributed by atoms with E-state index in [1.165, 1.54) is 39.2 Å². The van der Waals surface area contributed by atoms with Gasteiger partial charge >= 0.3 is 5.97 Å². The number of hydrogen-bond donors (Lipinski definition) is 1. The SMILES string of the molecule is COC(=O)C(C)(CCCCN(C)C1CCC1)NC1CC1. The third kappa shape index (κ3) is 4.19. The van der Waals surface area contributed by atoms with Crippen molar-refractivity contribution in [3.63, 3.8) is 0 Å². The van der Waals surface area contributed by atoms with Crippen LogP contribution in [0.15, 0.2) is 0 Å². The maximum absolute atomic E-state index is 12.0. The van der Waals surface area contributed by atoms with Gasteiger partial charge in [-0.25, -0.2) is 0 Å². The molecule has 0 saturated heterocycles. The molecule has 0 aliphatic heterocycles. The summed E-state index contributed by atoms with van der Waals surface area (Å²) < 4.78 is 4.98. The monoisotopic (exact) mass is 282 g/mol. The molecule has 0 aromatic heterocycles. The quantitative estimate of drug-likeness (QED) is 0.520. The van der Waals surface area contributed by atoms with E-state index in [1.54, 1.807) is 0 Å². The Hall–Kier alpha value is -0.610. The number of methoxy groups -OCH3 is 1. The summed E-state index contributed by atoms with van der Waals surface area (Å²) in [5.74, 6) is -0.114. The Morgan fingerprint density at radius 3 is 2.50 bits per heavy atom. The van der Waals surface area contributed by atoms with Crippen LogP contribution in [0.1, 0.15) is 58.3 Å². The lowest BCUT2D eigenvalue weighted by Crippen LogP contribution is -2.51. The average Bonchev–Trinajstić information content (AvgIpc) is 3.15. The fraction of sp³-hybridized carbons (Fsp3) is 0.938. The van der Waals surface area contributed by atoms with E-state index >= 15 is 0 Å². The molecule has 0 radical (unpaired) electrons. The molecule has 1 N–H and O–H groups in total. The largest absolute Gasteiger partial charge is 0.468 e. The molecule has 1 unspecified atom stereocenters. The van der Waals surface area contributed by atoms with Gasteiger partial charge in [0.1, 0.15) is 5.54 Å². The summed E-state index contributed by atoms with van der Waals surface area (Å²) in [5, 5.41) is 3.46. The normalized spacial score (nSPS) is 22.4. The highest BCUT2D eigenvalue weighted by molar-refractivity contribution is 5.80. The molecule has 0 bridgehead atoms. The van der Waals surface area contributed by atoms with E-state index in [-0.39, 0.29) is 5.97 Å². The predicted molar refractivity (Wildman–Crippen MR) is 80.7 cm³/mol. The lowest BCUT2D eigenvalue weighted by Gasteiger charge is -2.35. The molecule has 20 heavy (non-hydrogen) atoms. The summed E-state index contributed by atoms with van der Waals surface area (Å²) in [5.41, 5.74) is -0.495. The number of carbonyl (C=O) groups excluding carboxylic acids is 1. The van der Waals surface area contributed by atoms with Crippen LogP contribution in [0.4, 0.5) is 0 Å². The molecule has 1 atom stereocenters. The second-order valence-corrected chi connectivity index (χ2v) is 6.76. The number of hydrogen-bond acceptors (Lipinski definition) is 4. The summed E-state index contributed by atoms with van der Waals surface area (Å²) in [6, 6.07) is 1.34. The van der Waals surface area contributed by atoms with Gasteiger partial charge in [-0.05, 0) is 65.5 Å². The summed E-state index contributed by atoms with van der Waals surface area (Å²) in [4.78, 5) is 14.5. The first-order valence-corrected chi connectivity index (χ1v) is 8.11. The molecule has 2 saturated carbocycles. The van der Waals surface area contributed by atoms with Gasteiger partial charge in [-0.2, -0.15) is 0 Å². The molecular weight excluding hydrogens is 252 g/mol. The number of esters is 1. The molecule has 0 aromatic rings. The van der Waals surface area contributed by atoms with Crippen LogP contribution >= 0.6 is 0 Å². The van der Waals surface area contributed by atoms with Crippen LogP contribution in [0.25, 0.3) is 0 Å². The van der Waals surface area contributed by atoms with E-state index in [0.717, 1.165) is 31.8 Å². The summed E-state index contributed by atoms with van der Waals surface area (Å²) in [7, 11) is 3.71. The number of nitrogens with one attached hydrogen (secondary N) is 1. The Morgan fingerprint density at radius 2 is 2.00 bits per heavy atom. The molecule has 116 valence electrons. The van der Waals surface area contributed by atoms with Gasteiger partial charge in [0.25, 0.3) is 0 Å². The number of carbonyl (C=O) groups is 1. The Balaban J connectivity index is 1.69. The Bertz CT molecular complexity index is 326. The van der Waals surface area contributed by atoms with Crippen molar-refractivity contribution in [2.45, 2.75) is 75.9 Å². The van der Waals surface area contributed by atoms with Crippen molar-refractivity contribution < 1.29 is 9.53 Å². The fourth-order valence-corrected chi connectivity index (χ4v) is 2.99. The van der Waals surface area contributed by atoms with Crippen LogP contribution in [0.3, 0.4) is 0 Å². The van der Waals surface area contributed by atoms with Gasteiger partial charge in [0.15, 0.2) is 0 Å². The van der Waals surface area contributed by atoms with Crippen molar-refractivity contribution in [1.82, 2.24) is 10.2 Å². The predicted octanol–water partition coefficient (Wildman–Crippen LogP) is 2.32. The fourth-order valence-electron chi connectivity index (χ4n) is 2.99. The lowest BCUT2D eigenvalue weighted by molar-refractivity contribution is -0.148. The molecule has 4 heteroatoms. The maximum Gasteiger partial charge on any atom is 0.325 e. The van der Waals surface area contributed by atoms with Crippen LogP contribution in [0.2, 0.25) is 0 Å². The van der Waals surface area contributed by atoms with Gasteiger partial charge in [-0.3, -0.25) is 10.1 Å². The van der Waals surface area contributed by atoms with E-state index in [4.69, 9.17) is 4.74 Å². The van der Waals surface area contributed by atoms with Gasteiger partial charge in [-0.1, -0.05) is 6.42 Å². The minimum Gasteiger partial charge on any atom is -0.468 e. The van der Waals surface area contributed by atoms with Crippen molar-refractivity contribution in [3.8, 4) is 0 Å². The van der Waals surface area contributed by atoms with Gasteiger partial charge in [0, 0.05) is 12.1 Å². The zero-order valence-electron chi connectivity index (χ0n) is 13.3. The van der Waals surface area contributed by atoms with Gasteiger partial charge in [0.2, 0.25) is 0 Å². The van der Waals surface area contributed by atoms with Crippen molar-refractivity contribution in [1.29, 1.82) is 0 Å².